The molecule has 78 valence electrons. The second-order valence-corrected chi connectivity index (χ2v) is 4.16. The van der Waals surface area contributed by atoms with Gasteiger partial charge in [-0.05, 0) is 37.1 Å². The van der Waals surface area contributed by atoms with Crippen LogP contribution in [-0.4, -0.2) is 10.1 Å². The van der Waals surface area contributed by atoms with Gasteiger partial charge in [0.2, 0.25) is 0 Å². The summed E-state index contributed by atoms with van der Waals surface area (Å²) in [6.07, 6.45) is 0. The van der Waals surface area contributed by atoms with Gasteiger partial charge in [-0.25, -0.2) is 4.79 Å². The maximum absolute atomic E-state index is 10.8. The van der Waals surface area contributed by atoms with Crippen LogP contribution >= 0.6 is 15.9 Å². The molecule has 0 amide bonds. The first-order valence-electron chi connectivity index (χ1n) is 4.41. The van der Waals surface area contributed by atoms with Gasteiger partial charge in [0.15, 0.2) is 5.82 Å². The molecule has 15 heavy (non-hydrogen) atoms. The summed E-state index contributed by atoms with van der Waals surface area (Å²) >= 11 is 3.48. The van der Waals surface area contributed by atoms with Gasteiger partial charge in [-0.3, -0.25) is 9.51 Å². The third-order valence-electron chi connectivity index (χ3n) is 2.15. The Labute approximate surface area is 94.4 Å². The van der Waals surface area contributed by atoms with Crippen LogP contribution in [0.2, 0.25) is 0 Å². The average molecular weight is 269 g/mol. The largest absolute Gasteiger partial charge is 0.439 e. The van der Waals surface area contributed by atoms with Crippen molar-refractivity contribution >= 4 is 15.9 Å². The van der Waals surface area contributed by atoms with Crippen molar-refractivity contribution in [3.05, 3.63) is 38.3 Å². The summed E-state index contributed by atoms with van der Waals surface area (Å²) < 4.78 is 5.52. The molecule has 1 N–H and O–H groups in total. The number of nitrogens with one attached hydrogen (secondary N) is 1. The molecule has 1 heterocycles. The first-order chi connectivity index (χ1) is 7.08. The number of nitrogens with zero attached hydrogens (tertiary/aromatic N) is 1. The Morgan fingerprint density at radius 1 is 1.33 bits per heavy atom. The van der Waals surface area contributed by atoms with Gasteiger partial charge in [-0.15, -0.1) is 0 Å². The van der Waals surface area contributed by atoms with Crippen molar-refractivity contribution in [1.82, 2.24) is 10.1 Å². The van der Waals surface area contributed by atoms with E-state index in [2.05, 4.69) is 30.6 Å². The fourth-order valence-corrected chi connectivity index (χ4v) is 1.67. The molecule has 1 aromatic heterocycles. The summed E-state index contributed by atoms with van der Waals surface area (Å²) in [6.45, 7) is 3.97. The van der Waals surface area contributed by atoms with E-state index in [-0.39, 0.29) is 0 Å². The molecule has 0 aliphatic carbocycles. The van der Waals surface area contributed by atoms with Crippen molar-refractivity contribution in [3.63, 3.8) is 0 Å². The number of halogens is 1. The Hall–Kier alpha value is -1.36. The molecule has 0 unspecified atom stereocenters. The molecule has 0 radical (unpaired) electrons. The van der Waals surface area contributed by atoms with Crippen molar-refractivity contribution in [2.75, 3.05) is 0 Å². The monoisotopic (exact) mass is 268 g/mol. The van der Waals surface area contributed by atoms with E-state index in [0.29, 0.717) is 5.82 Å². The Balaban J connectivity index is 2.59. The predicted octanol–water partition coefficient (Wildman–Crippen LogP) is 2.41. The van der Waals surface area contributed by atoms with Gasteiger partial charge in [-0.1, -0.05) is 21.1 Å². The smallest absolute Gasteiger partial charge is 0.296 e. The summed E-state index contributed by atoms with van der Waals surface area (Å²) in [5.41, 5.74) is 3.03. The van der Waals surface area contributed by atoms with E-state index >= 15 is 0 Å². The first-order valence-corrected chi connectivity index (χ1v) is 5.20. The minimum Gasteiger partial charge on any atom is -0.296 e. The number of aromatic amines is 1. The highest BCUT2D eigenvalue weighted by Gasteiger charge is 2.07. The molecule has 0 aliphatic heterocycles. The fourth-order valence-electron chi connectivity index (χ4n) is 1.44. The molecule has 2 rings (SSSR count). The molecule has 0 saturated carbocycles. The highest BCUT2D eigenvalue weighted by molar-refractivity contribution is 9.10. The van der Waals surface area contributed by atoms with Crippen molar-refractivity contribution in [1.29, 1.82) is 0 Å². The number of aryl methyl sites for hydroxylation is 2. The van der Waals surface area contributed by atoms with Gasteiger partial charge >= 0.3 is 5.76 Å². The topological polar surface area (TPSA) is 58.9 Å². The molecule has 2 aromatic rings. The van der Waals surface area contributed by atoms with E-state index in [9.17, 15) is 4.79 Å². The second-order valence-electron chi connectivity index (χ2n) is 3.37. The lowest BCUT2D eigenvalue weighted by Crippen LogP contribution is -1.95. The van der Waals surface area contributed by atoms with Crippen LogP contribution in [0.5, 0.6) is 0 Å². The molecule has 0 spiro atoms. The van der Waals surface area contributed by atoms with E-state index in [1.54, 1.807) is 0 Å². The Morgan fingerprint density at radius 3 is 2.40 bits per heavy atom. The summed E-state index contributed by atoms with van der Waals surface area (Å²) in [7, 11) is 0. The van der Waals surface area contributed by atoms with Gasteiger partial charge in [-0.2, -0.15) is 0 Å². The molecule has 1 aromatic carbocycles. The molecule has 0 atom stereocenters. The summed E-state index contributed by atoms with van der Waals surface area (Å²) in [6, 6.07) is 3.87. The van der Waals surface area contributed by atoms with E-state index in [4.69, 9.17) is 0 Å². The fraction of sp³-hybridized carbons (Fsp3) is 0.200. The van der Waals surface area contributed by atoms with Gasteiger partial charge in [0, 0.05) is 10.0 Å². The van der Waals surface area contributed by atoms with Crippen LogP contribution in [0.1, 0.15) is 11.1 Å². The number of H-pyrrole nitrogens is 1. The SMILES string of the molecule is Cc1cc(-c2noc(=O)[nH]2)cc(C)c1Br. The Kier molecular flexibility index (Phi) is 2.48. The number of hydrogen-bond acceptors (Lipinski definition) is 3. The lowest BCUT2D eigenvalue weighted by Gasteiger charge is -2.04. The number of hydrogen-bond donors (Lipinski definition) is 1. The van der Waals surface area contributed by atoms with E-state index in [0.717, 1.165) is 21.2 Å². The van der Waals surface area contributed by atoms with Crippen LogP contribution in [0.15, 0.2) is 25.9 Å². The van der Waals surface area contributed by atoms with Crippen LogP contribution in [0.25, 0.3) is 11.4 Å². The van der Waals surface area contributed by atoms with Crippen LogP contribution in [0.3, 0.4) is 0 Å². The lowest BCUT2D eigenvalue weighted by molar-refractivity contribution is 0.388. The highest BCUT2D eigenvalue weighted by atomic mass is 79.9. The van der Waals surface area contributed by atoms with Gasteiger partial charge in [0.25, 0.3) is 0 Å². The first kappa shape index (κ1) is 10.2. The van der Waals surface area contributed by atoms with Gasteiger partial charge < -0.3 is 0 Å². The second kappa shape index (κ2) is 3.66. The molecule has 4 nitrogen and oxygen atoms in total. The quantitative estimate of drug-likeness (QED) is 0.864. The Morgan fingerprint density at radius 2 is 1.93 bits per heavy atom. The molecule has 0 aliphatic rings. The standard InChI is InChI=1S/C10H9BrN2O2/c1-5-3-7(4-6(2)8(5)11)9-12-10(14)15-13-9/h3-4H,1-2H3,(H,12,13,14). The van der Waals surface area contributed by atoms with Crippen molar-refractivity contribution in [2.24, 2.45) is 0 Å². The summed E-state index contributed by atoms with van der Waals surface area (Å²) in [4.78, 5) is 13.3. The van der Waals surface area contributed by atoms with Crippen molar-refractivity contribution in [2.45, 2.75) is 13.8 Å². The van der Waals surface area contributed by atoms with Crippen LogP contribution in [0, 0.1) is 13.8 Å². The van der Waals surface area contributed by atoms with Gasteiger partial charge in [0.1, 0.15) is 0 Å². The third-order valence-corrected chi connectivity index (χ3v) is 3.40. The minimum atomic E-state index is -0.539. The molecule has 5 heteroatoms. The lowest BCUT2D eigenvalue weighted by atomic mass is 10.1. The van der Waals surface area contributed by atoms with E-state index in [1.165, 1.54) is 0 Å². The molecule has 0 bridgehead atoms. The average Bonchev–Trinajstić information content (AvgIpc) is 2.60. The number of benzene rings is 1. The predicted molar refractivity (Wildman–Crippen MR) is 59.7 cm³/mol. The maximum Gasteiger partial charge on any atom is 0.439 e. The van der Waals surface area contributed by atoms with Gasteiger partial charge in [0.05, 0.1) is 0 Å². The molecular weight excluding hydrogens is 260 g/mol. The summed E-state index contributed by atoms with van der Waals surface area (Å²) in [5.74, 6) is -0.0816. The zero-order valence-electron chi connectivity index (χ0n) is 8.30. The molecule has 0 saturated heterocycles. The highest BCUT2D eigenvalue weighted by Crippen LogP contribution is 2.26. The zero-order valence-corrected chi connectivity index (χ0v) is 9.88. The molecule has 0 fully saturated rings. The van der Waals surface area contributed by atoms with E-state index in [1.807, 2.05) is 26.0 Å². The zero-order chi connectivity index (χ0) is 11.0. The van der Waals surface area contributed by atoms with Crippen molar-refractivity contribution in [3.8, 4) is 11.4 Å². The van der Waals surface area contributed by atoms with Crippen LogP contribution < -0.4 is 5.76 Å². The number of aromatic nitrogens is 2. The van der Waals surface area contributed by atoms with Crippen LogP contribution in [-0.2, 0) is 0 Å². The van der Waals surface area contributed by atoms with Crippen molar-refractivity contribution < 1.29 is 4.52 Å². The minimum absolute atomic E-state index is 0.457. The van der Waals surface area contributed by atoms with Crippen LogP contribution in [0.4, 0.5) is 0 Å². The Bertz CT molecular complexity index is 534. The van der Waals surface area contributed by atoms with E-state index < -0.39 is 5.76 Å². The summed E-state index contributed by atoms with van der Waals surface area (Å²) in [5, 5.41) is 3.64. The maximum atomic E-state index is 10.8. The number of rotatable bonds is 1. The molecular formula is C10H9BrN2O2. The normalized spacial score (nSPS) is 10.6. The third kappa shape index (κ3) is 1.87.